The molecule has 1 aromatic carbocycles. The normalized spacial score (nSPS) is 22.7. The second-order valence-corrected chi connectivity index (χ2v) is 4.70. The molecule has 1 aromatic rings. The molecule has 1 fully saturated rings. The van der Waals surface area contributed by atoms with Gasteiger partial charge in [-0.2, -0.15) is 0 Å². The Labute approximate surface area is 105 Å². The first-order chi connectivity index (χ1) is 8.50. The van der Waals surface area contributed by atoms with Crippen molar-refractivity contribution in [3.8, 4) is 0 Å². The molecule has 18 heavy (non-hydrogen) atoms. The van der Waals surface area contributed by atoms with E-state index in [1.54, 1.807) is 0 Å². The molecule has 1 atom stereocenters. The average Bonchev–Trinajstić information content (AvgIpc) is 2.76. The first kappa shape index (κ1) is 12.6. The Morgan fingerprint density at radius 1 is 1.28 bits per heavy atom. The second kappa shape index (κ2) is 4.78. The first-order valence-electron chi connectivity index (χ1n) is 5.74. The van der Waals surface area contributed by atoms with Gasteiger partial charge in [-0.25, -0.2) is 4.79 Å². The SMILES string of the molecule is C[C@@]1(NC(=O)c2ccc(C(=O)O)cc2)CCOC1. The van der Waals surface area contributed by atoms with Crippen LogP contribution in [0.3, 0.4) is 0 Å². The maximum absolute atomic E-state index is 12.0. The van der Waals surface area contributed by atoms with Crippen LogP contribution >= 0.6 is 0 Å². The molecule has 0 saturated carbocycles. The number of carboxylic acids is 1. The van der Waals surface area contributed by atoms with Crippen molar-refractivity contribution in [3.05, 3.63) is 35.4 Å². The summed E-state index contributed by atoms with van der Waals surface area (Å²) in [7, 11) is 0. The number of aromatic carboxylic acids is 1. The fraction of sp³-hybridized carbons (Fsp3) is 0.385. The first-order valence-corrected chi connectivity index (χ1v) is 5.74. The summed E-state index contributed by atoms with van der Waals surface area (Å²) in [5.41, 5.74) is 0.290. The van der Waals surface area contributed by atoms with E-state index in [2.05, 4.69) is 5.32 Å². The minimum absolute atomic E-state index is 0.168. The van der Waals surface area contributed by atoms with Crippen LogP contribution in [-0.4, -0.2) is 35.7 Å². The number of nitrogens with one attached hydrogen (secondary N) is 1. The topological polar surface area (TPSA) is 75.6 Å². The molecule has 0 spiro atoms. The maximum atomic E-state index is 12.0. The molecule has 1 amide bonds. The predicted molar refractivity (Wildman–Crippen MR) is 64.7 cm³/mol. The zero-order chi connectivity index (χ0) is 13.2. The van der Waals surface area contributed by atoms with Gasteiger partial charge in [-0.3, -0.25) is 4.79 Å². The van der Waals surface area contributed by atoms with Gasteiger partial charge < -0.3 is 15.2 Å². The van der Waals surface area contributed by atoms with Gasteiger partial charge in [-0.05, 0) is 37.6 Å². The second-order valence-electron chi connectivity index (χ2n) is 4.70. The summed E-state index contributed by atoms with van der Waals surface area (Å²) in [6, 6.07) is 5.87. The lowest BCUT2D eigenvalue weighted by atomic mass is 10.0. The van der Waals surface area contributed by atoms with Gasteiger partial charge in [0, 0.05) is 12.2 Å². The van der Waals surface area contributed by atoms with Gasteiger partial charge in [0.25, 0.3) is 5.91 Å². The molecule has 2 N–H and O–H groups in total. The number of carbonyl (C=O) groups excluding carboxylic acids is 1. The minimum atomic E-state index is -1.00. The molecule has 0 aromatic heterocycles. The van der Waals surface area contributed by atoms with E-state index in [-0.39, 0.29) is 17.0 Å². The van der Waals surface area contributed by atoms with Crippen molar-refractivity contribution in [3.63, 3.8) is 0 Å². The Morgan fingerprint density at radius 3 is 2.39 bits per heavy atom. The summed E-state index contributed by atoms with van der Waals surface area (Å²) < 4.78 is 5.25. The van der Waals surface area contributed by atoms with Crippen molar-refractivity contribution < 1.29 is 19.4 Å². The smallest absolute Gasteiger partial charge is 0.335 e. The van der Waals surface area contributed by atoms with Crippen LogP contribution in [-0.2, 0) is 4.74 Å². The lowest BCUT2D eigenvalue weighted by Gasteiger charge is -2.23. The van der Waals surface area contributed by atoms with Crippen molar-refractivity contribution in [1.82, 2.24) is 5.32 Å². The highest BCUT2D eigenvalue weighted by Crippen LogP contribution is 2.18. The number of rotatable bonds is 3. The van der Waals surface area contributed by atoms with Crippen LogP contribution in [0.15, 0.2) is 24.3 Å². The molecule has 0 unspecified atom stereocenters. The van der Waals surface area contributed by atoms with Gasteiger partial charge >= 0.3 is 5.97 Å². The van der Waals surface area contributed by atoms with Gasteiger partial charge in [-0.1, -0.05) is 0 Å². The van der Waals surface area contributed by atoms with E-state index in [1.165, 1.54) is 24.3 Å². The van der Waals surface area contributed by atoms with E-state index in [9.17, 15) is 9.59 Å². The van der Waals surface area contributed by atoms with Crippen LogP contribution in [0.4, 0.5) is 0 Å². The number of carboxylic acid groups (broad SMARTS) is 1. The summed E-state index contributed by atoms with van der Waals surface area (Å²) in [6.45, 7) is 3.09. The van der Waals surface area contributed by atoms with Crippen LogP contribution in [0.2, 0.25) is 0 Å². The summed E-state index contributed by atoms with van der Waals surface area (Å²) >= 11 is 0. The van der Waals surface area contributed by atoms with Crippen LogP contribution in [0.5, 0.6) is 0 Å². The summed E-state index contributed by atoms with van der Waals surface area (Å²) in [4.78, 5) is 22.7. The molecule has 1 aliphatic rings. The maximum Gasteiger partial charge on any atom is 0.335 e. The predicted octanol–water partition coefficient (Wildman–Crippen LogP) is 1.29. The van der Waals surface area contributed by atoms with Gasteiger partial charge in [0.1, 0.15) is 0 Å². The largest absolute Gasteiger partial charge is 0.478 e. The number of carbonyl (C=O) groups is 2. The highest BCUT2D eigenvalue weighted by molar-refractivity contribution is 5.96. The van der Waals surface area contributed by atoms with E-state index in [1.807, 2.05) is 6.92 Å². The molecule has 5 nitrogen and oxygen atoms in total. The van der Waals surface area contributed by atoms with Crippen LogP contribution in [0, 0.1) is 0 Å². The van der Waals surface area contributed by atoms with E-state index < -0.39 is 5.97 Å². The van der Waals surface area contributed by atoms with Crippen molar-refractivity contribution in [2.45, 2.75) is 18.9 Å². The third kappa shape index (κ3) is 2.68. The third-order valence-corrected chi connectivity index (χ3v) is 3.03. The van der Waals surface area contributed by atoms with E-state index in [0.29, 0.717) is 18.8 Å². The number of ether oxygens (including phenoxy) is 1. The molecule has 0 bridgehead atoms. The number of benzene rings is 1. The molecular formula is C13H15NO4. The minimum Gasteiger partial charge on any atom is -0.478 e. The Kier molecular flexibility index (Phi) is 3.34. The Morgan fingerprint density at radius 2 is 1.89 bits per heavy atom. The van der Waals surface area contributed by atoms with Crippen molar-refractivity contribution >= 4 is 11.9 Å². The number of hydrogen-bond acceptors (Lipinski definition) is 3. The van der Waals surface area contributed by atoms with Gasteiger partial charge in [0.05, 0.1) is 17.7 Å². The van der Waals surface area contributed by atoms with Crippen molar-refractivity contribution in [2.75, 3.05) is 13.2 Å². The number of amides is 1. The molecule has 1 heterocycles. The van der Waals surface area contributed by atoms with Gasteiger partial charge in [-0.15, -0.1) is 0 Å². The summed E-state index contributed by atoms with van der Waals surface area (Å²) in [6.07, 6.45) is 0.784. The zero-order valence-electron chi connectivity index (χ0n) is 10.1. The highest BCUT2D eigenvalue weighted by atomic mass is 16.5. The average molecular weight is 249 g/mol. The summed E-state index contributed by atoms with van der Waals surface area (Å²) in [5, 5.41) is 11.7. The third-order valence-electron chi connectivity index (χ3n) is 3.03. The molecule has 96 valence electrons. The molecular weight excluding hydrogens is 234 g/mol. The van der Waals surface area contributed by atoms with Crippen LogP contribution in [0.1, 0.15) is 34.1 Å². The molecule has 1 aliphatic heterocycles. The highest BCUT2D eigenvalue weighted by Gasteiger charge is 2.31. The molecule has 0 aliphatic carbocycles. The van der Waals surface area contributed by atoms with Gasteiger partial charge in [0.15, 0.2) is 0 Å². The molecule has 1 saturated heterocycles. The van der Waals surface area contributed by atoms with E-state index in [4.69, 9.17) is 9.84 Å². The Balaban J connectivity index is 2.07. The lowest BCUT2D eigenvalue weighted by molar-refractivity contribution is 0.0696. The monoisotopic (exact) mass is 249 g/mol. The fourth-order valence-electron chi connectivity index (χ4n) is 1.88. The standard InChI is InChI=1S/C13H15NO4/c1-13(6-7-18-8-13)14-11(15)9-2-4-10(5-3-9)12(16)17/h2-5H,6-8H2,1H3,(H,14,15)(H,16,17)/t13-/m1/s1. The van der Waals surface area contributed by atoms with Crippen molar-refractivity contribution in [2.24, 2.45) is 0 Å². The quantitative estimate of drug-likeness (QED) is 0.846. The van der Waals surface area contributed by atoms with Crippen LogP contribution in [0.25, 0.3) is 0 Å². The molecule has 5 heteroatoms. The number of hydrogen-bond donors (Lipinski definition) is 2. The lowest BCUT2D eigenvalue weighted by Crippen LogP contribution is -2.46. The van der Waals surface area contributed by atoms with E-state index in [0.717, 1.165) is 6.42 Å². The Bertz CT molecular complexity index is 460. The van der Waals surface area contributed by atoms with Crippen molar-refractivity contribution in [1.29, 1.82) is 0 Å². The molecule has 2 rings (SSSR count). The van der Waals surface area contributed by atoms with Gasteiger partial charge in [0.2, 0.25) is 0 Å². The fourth-order valence-corrected chi connectivity index (χ4v) is 1.88. The molecule has 0 radical (unpaired) electrons. The Hall–Kier alpha value is -1.88. The van der Waals surface area contributed by atoms with E-state index >= 15 is 0 Å². The zero-order valence-corrected chi connectivity index (χ0v) is 10.1. The van der Waals surface area contributed by atoms with Crippen LogP contribution < -0.4 is 5.32 Å². The summed E-state index contributed by atoms with van der Waals surface area (Å²) in [5.74, 6) is -1.21.